The van der Waals surface area contributed by atoms with E-state index < -0.39 is 0 Å². The van der Waals surface area contributed by atoms with E-state index in [0.29, 0.717) is 11.3 Å². The van der Waals surface area contributed by atoms with Crippen LogP contribution in [0.15, 0.2) is 10.1 Å². The van der Waals surface area contributed by atoms with Crippen molar-refractivity contribution in [2.24, 2.45) is 16.3 Å². The van der Waals surface area contributed by atoms with E-state index in [-0.39, 0.29) is 24.0 Å². The number of nitrogens with zero attached hydrogens (tertiary/aromatic N) is 5. The number of aliphatic imine (C=N–C) groups is 1. The monoisotopic (exact) mass is 508 g/mol. The predicted molar refractivity (Wildman–Crippen MR) is 126 cm³/mol. The lowest BCUT2D eigenvalue weighted by Crippen LogP contribution is -2.40. The molecule has 0 bridgehead atoms. The minimum Gasteiger partial charge on any atom is -0.357 e. The topological polar surface area (TPSA) is 58.3 Å². The van der Waals surface area contributed by atoms with Crippen molar-refractivity contribution in [1.29, 1.82) is 0 Å². The second-order valence-corrected chi connectivity index (χ2v) is 9.06. The number of rotatable bonds is 8. The fourth-order valence-electron chi connectivity index (χ4n) is 3.34. The molecule has 27 heavy (non-hydrogen) atoms. The Labute approximate surface area is 186 Å². The second-order valence-electron chi connectivity index (χ2n) is 8.28. The van der Waals surface area contributed by atoms with Gasteiger partial charge < -0.3 is 14.8 Å². The Morgan fingerprint density at radius 3 is 2.63 bits per heavy atom. The Balaban J connectivity index is 0.00000364. The van der Waals surface area contributed by atoms with Crippen molar-refractivity contribution in [2.75, 3.05) is 32.4 Å². The number of hydrogen-bond acceptors (Lipinski definition) is 4. The molecule has 2 heterocycles. The number of thioether (sulfide) groups is 1. The molecule has 0 spiro atoms. The summed E-state index contributed by atoms with van der Waals surface area (Å²) in [5.41, 5.74) is 0.387. The second kappa shape index (κ2) is 11.5. The Hall–Kier alpha value is -0.510. The minimum absolute atomic E-state index is 0. The van der Waals surface area contributed by atoms with Crippen LogP contribution in [0.5, 0.6) is 0 Å². The lowest BCUT2D eigenvalue weighted by Gasteiger charge is -2.23. The molecule has 6 nitrogen and oxygen atoms in total. The molecule has 156 valence electrons. The van der Waals surface area contributed by atoms with Gasteiger partial charge in [-0.25, -0.2) is 0 Å². The highest BCUT2D eigenvalue weighted by Crippen LogP contribution is 2.28. The maximum Gasteiger partial charge on any atom is 0.193 e. The van der Waals surface area contributed by atoms with E-state index in [4.69, 9.17) is 4.99 Å². The first-order valence-electron chi connectivity index (χ1n) is 9.85. The lowest BCUT2D eigenvalue weighted by atomic mass is 9.93. The van der Waals surface area contributed by atoms with Crippen LogP contribution in [0.2, 0.25) is 0 Å². The van der Waals surface area contributed by atoms with Gasteiger partial charge in [-0.2, -0.15) is 0 Å². The van der Waals surface area contributed by atoms with Crippen LogP contribution < -0.4 is 5.32 Å². The minimum atomic E-state index is 0. The first-order chi connectivity index (χ1) is 12.4. The Bertz CT molecular complexity index is 599. The number of hydrogen-bond donors (Lipinski definition) is 1. The molecule has 0 atom stereocenters. The van der Waals surface area contributed by atoms with Crippen LogP contribution >= 0.6 is 35.7 Å². The first kappa shape index (κ1) is 24.5. The predicted octanol–water partition coefficient (Wildman–Crippen LogP) is 3.90. The summed E-state index contributed by atoms with van der Waals surface area (Å²) in [6, 6.07) is 0. The summed E-state index contributed by atoms with van der Waals surface area (Å²) in [6.07, 6.45) is 5.22. The quantitative estimate of drug-likeness (QED) is 0.190. The van der Waals surface area contributed by atoms with Crippen molar-refractivity contribution >= 4 is 41.7 Å². The summed E-state index contributed by atoms with van der Waals surface area (Å²) in [5.74, 6) is 2.74. The Kier molecular flexibility index (Phi) is 10.4. The molecule has 1 aromatic heterocycles. The first-order valence-corrected chi connectivity index (χ1v) is 11.1. The van der Waals surface area contributed by atoms with Crippen LogP contribution in [0.4, 0.5) is 0 Å². The van der Waals surface area contributed by atoms with Crippen molar-refractivity contribution in [3.05, 3.63) is 5.82 Å². The van der Waals surface area contributed by atoms with Crippen molar-refractivity contribution in [3.63, 3.8) is 0 Å². The molecule has 2 rings (SSSR count). The lowest BCUT2D eigenvalue weighted by molar-refractivity contribution is 0.370. The third-order valence-corrected chi connectivity index (χ3v) is 5.32. The highest BCUT2D eigenvalue weighted by Gasteiger charge is 2.30. The van der Waals surface area contributed by atoms with Gasteiger partial charge in [-0.05, 0) is 37.4 Å². The Morgan fingerprint density at radius 1 is 1.33 bits per heavy atom. The van der Waals surface area contributed by atoms with Gasteiger partial charge in [-0.15, -0.1) is 34.2 Å². The van der Waals surface area contributed by atoms with Crippen molar-refractivity contribution in [3.8, 4) is 0 Å². The molecule has 1 aliphatic rings. The zero-order chi connectivity index (χ0) is 19.2. The smallest absolute Gasteiger partial charge is 0.193 e. The summed E-state index contributed by atoms with van der Waals surface area (Å²) in [5, 5.41) is 13.2. The van der Waals surface area contributed by atoms with E-state index in [1.165, 1.54) is 6.42 Å². The highest BCUT2D eigenvalue weighted by molar-refractivity contribution is 14.0. The molecule has 1 saturated heterocycles. The molecule has 0 unspecified atom stereocenters. The van der Waals surface area contributed by atoms with Gasteiger partial charge >= 0.3 is 0 Å². The normalized spacial score (nSPS) is 16.7. The van der Waals surface area contributed by atoms with Crippen molar-refractivity contribution in [2.45, 2.75) is 65.6 Å². The molecule has 0 saturated carbocycles. The van der Waals surface area contributed by atoms with Crippen LogP contribution in [-0.2, 0) is 13.0 Å². The summed E-state index contributed by atoms with van der Waals surface area (Å²) < 4.78 is 2.27. The fourth-order valence-corrected chi connectivity index (χ4v) is 3.87. The van der Waals surface area contributed by atoms with Gasteiger partial charge in [0.2, 0.25) is 0 Å². The average molecular weight is 509 g/mol. The van der Waals surface area contributed by atoms with Gasteiger partial charge in [0.1, 0.15) is 5.82 Å². The maximum absolute atomic E-state index is 4.86. The highest BCUT2D eigenvalue weighted by atomic mass is 127. The van der Waals surface area contributed by atoms with E-state index in [0.717, 1.165) is 62.5 Å². The van der Waals surface area contributed by atoms with Crippen LogP contribution in [-0.4, -0.2) is 58.1 Å². The van der Waals surface area contributed by atoms with Gasteiger partial charge in [0.15, 0.2) is 11.1 Å². The zero-order valence-electron chi connectivity index (χ0n) is 17.8. The number of halogens is 1. The standard InChI is InChI=1S/C19H36N6S.HI/c1-7-20-17(24-12-10-19(4,5)14-24)21-11-8-9-16-22-23-18(26-6)25(16)13-15(2)3;/h15H,7-14H2,1-6H3,(H,20,21);1H. The van der Waals surface area contributed by atoms with Gasteiger partial charge in [0, 0.05) is 39.1 Å². The number of aromatic nitrogens is 3. The van der Waals surface area contributed by atoms with Crippen LogP contribution in [0.25, 0.3) is 0 Å². The van der Waals surface area contributed by atoms with Crippen LogP contribution in [0.1, 0.15) is 53.3 Å². The third kappa shape index (κ3) is 7.44. The molecule has 1 aliphatic heterocycles. The molecule has 1 aromatic rings. The average Bonchev–Trinajstić information content (AvgIpc) is 3.13. The molecule has 8 heteroatoms. The molecule has 0 radical (unpaired) electrons. The fraction of sp³-hybridized carbons (Fsp3) is 0.842. The van der Waals surface area contributed by atoms with Crippen molar-refractivity contribution in [1.82, 2.24) is 25.0 Å². The van der Waals surface area contributed by atoms with Crippen LogP contribution in [0, 0.1) is 11.3 Å². The Morgan fingerprint density at radius 2 is 2.07 bits per heavy atom. The molecular weight excluding hydrogens is 471 g/mol. The van der Waals surface area contributed by atoms with E-state index in [1.54, 1.807) is 11.8 Å². The number of likely N-dealkylation sites (tertiary alicyclic amines) is 1. The molecule has 1 N–H and O–H groups in total. The number of aryl methyl sites for hydroxylation is 1. The zero-order valence-corrected chi connectivity index (χ0v) is 20.9. The van der Waals surface area contributed by atoms with Gasteiger partial charge in [-0.3, -0.25) is 4.99 Å². The largest absolute Gasteiger partial charge is 0.357 e. The van der Waals surface area contributed by atoms with Crippen molar-refractivity contribution < 1.29 is 0 Å². The van der Waals surface area contributed by atoms with Gasteiger partial charge in [0.25, 0.3) is 0 Å². The maximum atomic E-state index is 4.86. The van der Waals surface area contributed by atoms with E-state index in [9.17, 15) is 0 Å². The molecule has 1 fully saturated rings. The summed E-state index contributed by atoms with van der Waals surface area (Å²) >= 11 is 1.67. The van der Waals surface area contributed by atoms with Crippen LogP contribution in [0.3, 0.4) is 0 Å². The van der Waals surface area contributed by atoms with E-state index in [1.807, 2.05) is 0 Å². The van der Waals surface area contributed by atoms with E-state index >= 15 is 0 Å². The van der Waals surface area contributed by atoms with Gasteiger partial charge in [-0.1, -0.05) is 39.5 Å². The number of guanidine groups is 1. The summed E-state index contributed by atoms with van der Waals surface area (Å²) in [6.45, 7) is 16.2. The van der Waals surface area contributed by atoms with E-state index in [2.05, 4.69) is 65.9 Å². The SMILES string of the molecule is CCNC(=NCCCc1nnc(SC)n1CC(C)C)N1CCC(C)(C)C1.I. The molecule has 0 amide bonds. The molecule has 0 aromatic carbocycles. The number of nitrogens with one attached hydrogen (secondary N) is 1. The molecular formula is C19H37IN6S. The molecule has 0 aliphatic carbocycles. The summed E-state index contributed by atoms with van der Waals surface area (Å²) in [4.78, 5) is 7.26. The summed E-state index contributed by atoms with van der Waals surface area (Å²) in [7, 11) is 0. The van der Waals surface area contributed by atoms with Gasteiger partial charge in [0.05, 0.1) is 0 Å². The third-order valence-electron chi connectivity index (χ3n) is 4.66.